The van der Waals surface area contributed by atoms with Crippen LogP contribution in [0.3, 0.4) is 0 Å². The zero-order chi connectivity index (χ0) is 24.8. The molecule has 4 aromatic heterocycles. The molecule has 1 aliphatic carbocycles. The topological polar surface area (TPSA) is 114 Å². The third-order valence-electron chi connectivity index (χ3n) is 7.89. The maximum atomic E-state index is 6.76. The first-order valence-corrected chi connectivity index (χ1v) is 13.5. The predicted molar refractivity (Wildman–Crippen MR) is 143 cm³/mol. The van der Waals surface area contributed by atoms with Crippen LogP contribution in [0.1, 0.15) is 17.1 Å². The number of hydrogen-bond donors (Lipinski definition) is 2. The Balaban J connectivity index is 1.20. The Labute approximate surface area is 220 Å². The highest BCUT2D eigenvalue weighted by molar-refractivity contribution is 7.09. The summed E-state index contributed by atoms with van der Waals surface area (Å²) in [5.74, 6) is 1.89. The molecule has 9 nitrogen and oxygen atoms in total. The number of anilines is 1. The highest BCUT2D eigenvalue weighted by Gasteiger charge is 2.67. The second-order valence-corrected chi connectivity index (χ2v) is 11.3. The van der Waals surface area contributed by atoms with Gasteiger partial charge in [0.05, 0.1) is 22.1 Å². The van der Waals surface area contributed by atoms with Crippen molar-refractivity contribution < 1.29 is 0 Å². The van der Waals surface area contributed by atoms with Crippen molar-refractivity contribution in [1.82, 2.24) is 34.9 Å². The van der Waals surface area contributed by atoms with Gasteiger partial charge in [0.1, 0.15) is 27.2 Å². The second kappa shape index (κ2) is 7.85. The highest BCUT2D eigenvalue weighted by atomic mass is 35.5. The van der Waals surface area contributed by atoms with Crippen LogP contribution in [0.4, 0.5) is 5.82 Å². The molecule has 5 aromatic rings. The van der Waals surface area contributed by atoms with E-state index in [1.807, 2.05) is 25.3 Å². The molecule has 2 aliphatic rings. The number of aromatic amines is 1. The van der Waals surface area contributed by atoms with Crippen LogP contribution >= 0.6 is 34.5 Å². The summed E-state index contributed by atoms with van der Waals surface area (Å²) in [6.45, 7) is 4.48. The van der Waals surface area contributed by atoms with Crippen molar-refractivity contribution in [2.45, 2.75) is 18.8 Å². The van der Waals surface area contributed by atoms with Crippen molar-refractivity contribution in [1.29, 1.82) is 0 Å². The van der Waals surface area contributed by atoms with Gasteiger partial charge in [0.2, 0.25) is 0 Å². The molecule has 1 aromatic carbocycles. The third kappa shape index (κ3) is 3.01. The zero-order valence-corrected chi connectivity index (χ0v) is 22.0. The Bertz CT molecular complexity index is 1660. The van der Waals surface area contributed by atoms with Crippen LogP contribution in [0.5, 0.6) is 0 Å². The molecule has 2 fully saturated rings. The summed E-state index contributed by atoms with van der Waals surface area (Å²) in [5.41, 5.74) is 10.8. The van der Waals surface area contributed by atoms with Crippen molar-refractivity contribution in [3.8, 4) is 11.3 Å². The molecule has 1 aliphatic heterocycles. The third-order valence-corrected chi connectivity index (χ3v) is 9.87. The molecule has 12 heteroatoms. The summed E-state index contributed by atoms with van der Waals surface area (Å²) in [6, 6.07) is 3.78. The summed E-state index contributed by atoms with van der Waals surface area (Å²) in [5, 5.41) is 16.9. The lowest BCUT2D eigenvalue weighted by atomic mass is 10.0. The van der Waals surface area contributed by atoms with Crippen LogP contribution in [0.2, 0.25) is 10.2 Å². The lowest BCUT2D eigenvalue weighted by molar-refractivity contribution is 0.545. The van der Waals surface area contributed by atoms with E-state index >= 15 is 0 Å². The van der Waals surface area contributed by atoms with E-state index in [0.717, 1.165) is 42.1 Å². The summed E-state index contributed by atoms with van der Waals surface area (Å²) < 4.78 is 1.61. The zero-order valence-electron chi connectivity index (χ0n) is 19.7. The average molecular weight is 540 g/mol. The molecule has 0 bridgehead atoms. The number of hydrogen-bond acceptors (Lipinski definition) is 8. The number of rotatable bonds is 4. The standard InChI is InChI=1S/C24H23Cl2N9S/c1-11-9-36-23(29-11)24(10-27)13-5-6-35(8-14(13)24)16-7-28-20-19(31-32-22(20)30-16)12-3-4-15-17(18(12)25)21(26)34(2)33-15/h3-4,7,9,13-14H,5-6,8,10,27H2,1-2H3,(H,30,31,32)/t13-,14+,24+/m1/s1. The fraction of sp³-hybridized carbons (Fsp3) is 0.375. The number of fused-ring (bicyclic) bond motifs is 3. The molecule has 0 unspecified atom stereocenters. The van der Waals surface area contributed by atoms with Crippen molar-refractivity contribution in [3.05, 3.63) is 44.6 Å². The van der Waals surface area contributed by atoms with Gasteiger partial charge in [-0.25, -0.2) is 15.0 Å². The largest absolute Gasteiger partial charge is 0.355 e. The van der Waals surface area contributed by atoms with Gasteiger partial charge in [-0.15, -0.1) is 11.3 Å². The first-order chi connectivity index (χ1) is 17.4. The number of aromatic nitrogens is 7. The number of benzene rings is 1. The molecule has 0 amide bonds. The maximum Gasteiger partial charge on any atom is 0.177 e. The quantitative estimate of drug-likeness (QED) is 0.349. The summed E-state index contributed by atoms with van der Waals surface area (Å²) in [6.07, 6.45) is 2.89. The molecule has 5 heterocycles. The van der Waals surface area contributed by atoms with Crippen molar-refractivity contribution >= 4 is 62.4 Å². The first kappa shape index (κ1) is 22.4. The molecule has 3 N–H and O–H groups in total. The van der Waals surface area contributed by atoms with Crippen LogP contribution in [0.15, 0.2) is 23.7 Å². The van der Waals surface area contributed by atoms with Crippen LogP contribution < -0.4 is 10.6 Å². The van der Waals surface area contributed by atoms with Crippen LogP contribution in [-0.4, -0.2) is 54.6 Å². The minimum absolute atomic E-state index is 0.00464. The first-order valence-electron chi connectivity index (χ1n) is 11.8. The number of nitrogens with zero attached hydrogens (tertiary/aromatic N) is 7. The van der Waals surface area contributed by atoms with Crippen LogP contribution in [0.25, 0.3) is 33.3 Å². The van der Waals surface area contributed by atoms with E-state index in [-0.39, 0.29) is 5.41 Å². The molecule has 184 valence electrons. The predicted octanol–water partition coefficient (Wildman–Crippen LogP) is 4.33. The number of H-pyrrole nitrogens is 1. The van der Waals surface area contributed by atoms with E-state index in [0.29, 0.717) is 50.8 Å². The summed E-state index contributed by atoms with van der Waals surface area (Å²) in [4.78, 5) is 16.7. The lowest BCUT2D eigenvalue weighted by Crippen LogP contribution is -2.32. The van der Waals surface area contributed by atoms with Crippen molar-refractivity contribution in [2.75, 3.05) is 24.5 Å². The lowest BCUT2D eigenvalue weighted by Gasteiger charge is -2.26. The normalized spacial score (nSPS) is 23.5. The second-order valence-electron chi connectivity index (χ2n) is 9.72. The van der Waals surface area contributed by atoms with E-state index in [9.17, 15) is 0 Å². The molecular formula is C24H23Cl2N9S. The number of piperidine rings is 1. The molecule has 36 heavy (non-hydrogen) atoms. The number of nitrogens with two attached hydrogens (primary N) is 1. The minimum atomic E-state index is -0.00464. The maximum absolute atomic E-state index is 6.76. The monoisotopic (exact) mass is 539 g/mol. The molecular weight excluding hydrogens is 517 g/mol. The van der Waals surface area contributed by atoms with Gasteiger partial charge in [-0.05, 0) is 37.3 Å². The Morgan fingerprint density at radius 2 is 2.11 bits per heavy atom. The fourth-order valence-corrected chi connectivity index (χ4v) is 7.74. The Hall–Kier alpha value is -2.79. The molecule has 3 atom stereocenters. The summed E-state index contributed by atoms with van der Waals surface area (Å²) in [7, 11) is 1.79. The number of thiazole rings is 1. The van der Waals surface area contributed by atoms with Gasteiger partial charge >= 0.3 is 0 Å². The minimum Gasteiger partial charge on any atom is -0.355 e. The smallest absolute Gasteiger partial charge is 0.177 e. The fourth-order valence-electron chi connectivity index (χ4n) is 5.99. The van der Waals surface area contributed by atoms with Crippen LogP contribution in [-0.2, 0) is 12.5 Å². The van der Waals surface area contributed by atoms with Gasteiger partial charge in [-0.2, -0.15) is 10.2 Å². The average Bonchev–Trinajstić information content (AvgIpc) is 3.20. The molecule has 0 radical (unpaired) electrons. The number of nitrogens with one attached hydrogen (secondary N) is 1. The Morgan fingerprint density at radius 3 is 2.89 bits per heavy atom. The van der Waals surface area contributed by atoms with Gasteiger partial charge in [0.15, 0.2) is 5.65 Å². The number of halogens is 2. The van der Waals surface area contributed by atoms with Gasteiger partial charge in [-0.1, -0.05) is 23.2 Å². The van der Waals surface area contributed by atoms with Crippen molar-refractivity contribution in [3.63, 3.8) is 0 Å². The Kier molecular flexibility index (Phi) is 4.89. The van der Waals surface area contributed by atoms with Crippen LogP contribution in [0, 0.1) is 18.8 Å². The van der Waals surface area contributed by atoms with Gasteiger partial charge < -0.3 is 10.6 Å². The van der Waals surface area contributed by atoms with E-state index in [4.69, 9.17) is 43.9 Å². The van der Waals surface area contributed by atoms with E-state index in [1.54, 1.807) is 23.1 Å². The van der Waals surface area contributed by atoms with E-state index < -0.39 is 0 Å². The molecule has 0 spiro atoms. The van der Waals surface area contributed by atoms with Gasteiger partial charge in [0, 0.05) is 48.7 Å². The highest BCUT2D eigenvalue weighted by Crippen LogP contribution is 2.63. The van der Waals surface area contributed by atoms with Gasteiger partial charge in [0.25, 0.3) is 0 Å². The summed E-state index contributed by atoms with van der Waals surface area (Å²) >= 11 is 14.9. The molecule has 7 rings (SSSR count). The van der Waals surface area contributed by atoms with Gasteiger partial charge in [-0.3, -0.25) is 9.78 Å². The number of aryl methyl sites for hydroxylation is 2. The molecule has 1 saturated carbocycles. The van der Waals surface area contributed by atoms with E-state index in [1.165, 1.54) is 5.01 Å². The van der Waals surface area contributed by atoms with E-state index in [2.05, 4.69) is 25.6 Å². The SMILES string of the molecule is Cc1csc([C@@]2(CN)[C@@H]3CCN(c4cnc5c(-c6ccc7nn(C)c(Cl)c7c6Cl)n[nH]c5n4)C[C@@H]32)n1. The van der Waals surface area contributed by atoms with Crippen molar-refractivity contribution in [2.24, 2.45) is 24.6 Å². The molecule has 1 saturated heterocycles. The Morgan fingerprint density at radius 1 is 1.25 bits per heavy atom.